The SMILES string of the molecule is Cc1c(N)cnc(Nc2c(Cl)cc(F)cc2Br)c1Br. The van der Waals surface area contributed by atoms with Crippen molar-refractivity contribution in [3.8, 4) is 0 Å². The lowest BCUT2D eigenvalue weighted by Gasteiger charge is -2.13. The summed E-state index contributed by atoms with van der Waals surface area (Å²) in [5.41, 5.74) is 7.75. The fraction of sp³-hybridized carbons (Fsp3) is 0.0833. The molecule has 1 aromatic heterocycles. The van der Waals surface area contributed by atoms with Crippen molar-refractivity contribution in [1.82, 2.24) is 4.98 Å². The van der Waals surface area contributed by atoms with Gasteiger partial charge in [0.25, 0.3) is 0 Å². The fourth-order valence-electron chi connectivity index (χ4n) is 1.46. The highest BCUT2D eigenvalue weighted by Crippen LogP contribution is 2.36. The van der Waals surface area contributed by atoms with Gasteiger partial charge in [-0.2, -0.15) is 0 Å². The van der Waals surface area contributed by atoms with Gasteiger partial charge in [0.2, 0.25) is 0 Å². The van der Waals surface area contributed by atoms with Crippen LogP contribution in [0.1, 0.15) is 5.56 Å². The van der Waals surface area contributed by atoms with E-state index in [1.54, 1.807) is 6.20 Å². The van der Waals surface area contributed by atoms with Gasteiger partial charge in [0.15, 0.2) is 0 Å². The second kappa shape index (κ2) is 5.64. The summed E-state index contributed by atoms with van der Waals surface area (Å²) in [7, 11) is 0. The Balaban J connectivity index is 2.45. The number of benzene rings is 1. The summed E-state index contributed by atoms with van der Waals surface area (Å²) in [6.07, 6.45) is 1.55. The van der Waals surface area contributed by atoms with Crippen LogP contribution in [0.2, 0.25) is 5.02 Å². The molecule has 0 aliphatic rings. The first-order chi connectivity index (χ1) is 8.90. The number of anilines is 3. The highest BCUT2D eigenvalue weighted by molar-refractivity contribution is 9.11. The monoisotopic (exact) mass is 407 g/mol. The summed E-state index contributed by atoms with van der Waals surface area (Å²) in [4.78, 5) is 4.18. The summed E-state index contributed by atoms with van der Waals surface area (Å²) in [6.45, 7) is 1.87. The number of nitrogens with two attached hydrogens (primary N) is 1. The number of nitrogens with one attached hydrogen (secondary N) is 1. The highest BCUT2D eigenvalue weighted by Gasteiger charge is 2.12. The molecule has 3 N–H and O–H groups in total. The number of hydrogen-bond acceptors (Lipinski definition) is 3. The minimum Gasteiger partial charge on any atom is -0.397 e. The topological polar surface area (TPSA) is 50.9 Å². The standard InChI is InChI=1S/C12H9Br2ClFN3/c1-5-9(17)4-18-12(10(5)14)19-11-7(13)2-6(16)3-8(11)15/h2-4H,17H2,1H3,(H,18,19). The van der Waals surface area contributed by atoms with E-state index in [2.05, 4.69) is 42.2 Å². The van der Waals surface area contributed by atoms with Crippen molar-refractivity contribution >= 4 is 60.7 Å². The summed E-state index contributed by atoms with van der Waals surface area (Å²) in [5, 5.41) is 3.30. The third-order valence-electron chi connectivity index (χ3n) is 2.55. The Hall–Kier alpha value is -0.850. The molecule has 100 valence electrons. The molecule has 0 saturated heterocycles. The second-order valence-corrected chi connectivity index (χ2v) is 5.93. The van der Waals surface area contributed by atoms with E-state index in [0.717, 1.165) is 10.0 Å². The maximum Gasteiger partial charge on any atom is 0.145 e. The minimum atomic E-state index is -0.414. The fourth-order valence-corrected chi connectivity index (χ4v) is 2.79. The average Bonchev–Trinajstić information content (AvgIpc) is 2.33. The van der Waals surface area contributed by atoms with Crippen LogP contribution < -0.4 is 11.1 Å². The number of rotatable bonds is 2. The Morgan fingerprint density at radius 1 is 1.37 bits per heavy atom. The molecular formula is C12H9Br2ClFN3. The quantitative estimate of drug-likeness (QED) is 0.731. The smallest absolute Gasteiger partial charge is 0.145 e. The van der Waals surface area contributed by atoms with E-state index >= 15 is 0 Å². The molecule has 0 unspecified atom stereocenters. The van der Waals surface area contributed by atoms with Crippen LogP contribution in [0, 0.1) is 12.7 Å². The zero-order valence-corrected chi connectivity index (χ0v) is 13.7. The molecule has 0 bridgehead atoms. The number of aromatic nitrogens is 1. The van der Waals surface area contributed by atoms with Gasteiger partial charge in [-0.1, -0.05) is 11.6 Å². The van der Waals surface area contributed by atoms with Gasteiger partial charge in [0, 0.05) is 4.47 Å². The minimum absolute atomic E-state index is 0.259. The normalized spacial score (nSPS) is 10.6. The number of hydrogen-bond donors (Lipinski definition) is 2. The summed E-state index contributed by atoms with van der Waals surface area (Å²) in [5.74, 6) is 0.142. The Labute approximate surface area is 131 Å². The summed E-state index contributed by atoms with van der Waals surface area (Å²) >= 11 is 12.7. The number of nitrogens with zero attached hydrogens (tertiary/aromatic N) is 1. The van der Waals surface area contributed by atoms with Gasteiger partial charge in [0.1, 0.15) is 11.6 Å². The molecule has 3 nitrogen and oxygen atoms in total. The summed E-state index contributed by atoms with van der Waals surface area (Å²) in [6, 6.07) is 2.55. The molecule has 2 rings (SSSR count). The van der Waals surface area contributed by atoms with Crippen molar-refractivity contribution in [2.75, 3.05) is 11.1 Å². The second-order valence-electron chi connectivity index (χ2n) is 3.87. The number of pyridine rings is 1. The van der Waals surface area contributed by atoms with E-state index in [-0.39, 0.29) is 5.02 Å². The van der Waals surface area contributed by atoms with Gasteiger partial charge in [-0.05, 0) is 56.5 Å². The van der Waals surface area contributed by atoms with E-state index in [4.69, 9.17) is 17.3 Å². The zero-order chi connectivity index (χ0) is 14.2. The van der Waals surface area contributed by atoms with Crippen LogP contribution in [0.3, 0.4) is 0 Å². The van der Waals surface area contributed by atoms with Crippen molar-refractivity contribution in [2.24, 2.45) is 0 Å². The van der Waals surface area contributed by atoms with Crippen LogP contribution in [0.15, 0.2) is 27.3 Å². The molecule has 0 aliphatic carbocycles. The molecule has 1 heterocycles. The van der Waals surface area contributed by atoms with Gasteiger partial charge >= 0.3 is 0 Å². The first kappa shape index (κ1) is 14.6. The predicted octanol–water partition coefficient (Wildman–Crippen LogP) is 5.03. The third-order valence-corrected chi connectivity index (χ3v) is 4.45. The first-order valence-electron chi connectivity index (χ1n) is 5.22. The maximum absolute atomic E-state index is 13.2. The van der Waals surface area contributed by atoms with Gasteiger partial charge in [-0.25, -0.2) is 9.37 Å². The Bertz CT molecular complexity index is 626. The van der Waals surface area contributed by atoms with Gasteiger partial charge in [0.05, 0.1) is 27.1 Å². The van der Waals surface area contributed by atoms with E-state index in [9.17, 15) is 4.39 Å². The molecule has 0 spiro atoms. The van der Waals surface area contributed by atoms with E-state index in [0.29, 0.717) is 21.7 Å². The molecule has 0 radical (unpaired) electrons. The van der Waals surface area contributed by atoms with Crippen LogP contribution in [0.25, 0.3) is 0 Å². The third kappa shape index (κ3) is 3.01. The van der Waals surface area contributed by atoms with Crippen molar-refractivity contribution in [3.63, 3.8) is 0 Å². The van der Waals surface area contributed by atoms with Crippen LogP contribution >= 0.6 is 43.5 Å². The van der Waals surface area contributed by atoms with Crippen LogP contribution in [-0.4, -0.2) is 4.98 Å². The molecule has 0 amide bonds. The lowest BCUT2D eigenvalue weighted by atomic mass is 10.2. The van der Waals surface area contributed by atoms with E-state index < -0.39 is 5.82 Å². The van der Waals surface area contributed by atoms with Gasteiger partial charge < -0.3 is 11.1 Å². The van der Waals surface area contributed by atoms with Crippen molar-refractivity contribution in [1.29, 1.82) is 0 Å². The molecule has 1 aromatic carbocycles. The molecule has 19 heavy (non-hydrogen) atoms. The lowest BCUT2D eigenvalue weighted by Crippen LogP contribution is -2.00. The van der Waals surface area contributed by atoms with E-state index in [1.807, 2.05) is 6.92 Å². The lowest BCUT2D eigenvalue weighted by molar-refractivity contribution is 0.627. The zero-order valence-electron chi connectivity index (χ0n) is 9.77. The van der Waals surface area contributed by atoms with Crippen LogP contribution in [0.4, 0.5) is 21.6 Å². The molecule has 0 aliphatic heterocycles. The Kier molecular flexibility index (Phi) is 4.32. The number of halogens is 4. The van der Waals surface area contributed by atoms with Crippen LogP contribution in [-0.2, 0) is 0 Å². The molecule has 0 atom stereocenters. The van der Waals surface area contributed by atoms with Gasteiger partial charge in [-0.15, -0.1) is 0 Å². The van der Waals surface area contributed by atoms with Crippen LogP contribution in [0.5, 0.6) is 0 Å². The maximum atomic E-state index is 13.2. The predicted molar refractivity (Wildman–Crippen MR) is 83.5 cm³/mol. The van der Waals surface area contributed by atoms with Gasteiger partial charge in [-0.3, -0.25) is 0 Å². The molecular weight excluding hydrogens is 400 g/mol. The van der Waals surface area contributed by atoms with Crippen molar-refractivity contribution < 1.29 is 4.39 Å². The number of nitrogen functional groups attached to an aromatic ring is 1. The Morgan fingerprint density at radius 2 is 2.05 bits per heavy atom. The van der Waals surface area contributed by atoms with Crippen molar-refractivity contribution in [3.05, 3.63) is 43.7 Å². The largest absolute Gasteiger partial charge is 0.397 e. The molecule has 2 aromatic rings. The molecule has 0 saturated carbocycles. The average molecular weight is 409 g/mol. The van der Waals surface area contributed by atoms with E-state index in [1.165, 1.54) is 12.1 Å². The Morgan fingerprint density at radius 3 is 2.68 bits per heavy atom. The summed E-state index contributed by atoms with van der Waals surface area (Å²) < 4.78 is 14.4. The highest BCUT2D eigenvalue weighted by atomic mass is 79.9. The molecule has 0 fully saturated rings. The molecule has 7 heteroatoms. The van der Waals surface area contributed by atoms with Crippen molar-refractivity contribution in [2.45, 2.75) is 6.92 Å². The first-order valence-corrected chi connectivity index (χ1v) is 7.18.